The molecule has 4 rings (SSSR count). The zero-order valence-corrected chi connectivity index (χ0v) is 21.7. The second-order valence-electron chi connectivity index (χ2n) is 10.4. The number of aromatic nitrogens is 1. The number of ether oxygens (including phenoxy) is 1. The number of hydrogen-bond donors (Lipinski definition) is 2. The Balaban J connectivity index is 1.36. The number of carboxylic acid groups (broad SMARTS) is 1. The van der Waals surface area contributed by atoms with Gasteiger partial charge in [-0.05, 0) is 55.4 Å². The number of aliphatic carboxylic acids is 1. The number of nitrogens with one attached hydrogen (secondary N) is 1. The highest BCUT2D eigenvalue weighted by atomic mass is 19.1. The van der Waals surface area contributed by atoms with Crippen molar-refractivity contribution in [2.75, 3.05) is 6.54 Å². The fourth-order valence-corrected chi connectivity index (χ4v) is 5.82. The lowest BCUT2D eigenvalue weighted by Gasteiger charge is -2.26. The summed E-state index contributed by atoms with van der Waals surface area (Å²) in [7, 11) is 0. The molecule has 8 heteroatoms. The summed E-state index contributed by atoms with van der Waals surface area (Å²) < 4.78 is 26.1. The van der Waals surface area contributed by atoms with Gasteiger partial charge in [0.05, 0.1) is 18.1 Å². The van der Waals surface area contributed by atoms with Crippen LogP contribution in [0.3, 0.4) is 0 Å². The van der Waals surface area contributed by atoms with Gasteiger partial charge in [-0.2, -0.15) is 0 Å². The minimum Gasteiger partial charge on any atom is -0.481 e. The van der Waals surface area contributed by atoms with Crippen molar-refractivity contribution in [2.45, 2.75) is 102 Å². The first-order valence-corrected chi connectivity index (χ1v) is 13.8. The molecule has 1 aromatic carbocycles. The Kier molecular flexibility index (Phi) is 9.72. The maximum Gasteiger partial charge on any atom is 0.303 e. The number of carbonyl (C=O) groups excluding carboxylic acids is 1. The van der Waals surface area contributed by atoms with Gasteiger partial charge in [0.1, 0.15) is 12.1 Å². The first-order valence-electron chi connectivity index (χ1n) is 13.8. The number of fused-ring (bicyclic) bond motifs is 2. The first kappa shape index (κ1) is 27.3. The number of oxazole rings is 1. The quantitative estimate of drug-likeness (QED) is 0.291. The Hall–Kier alpha value is -2.74. The van der Waals surface area contributed by atoms with Crippen LogP contribution < -0.4 is 5.32 Å². The zero-order valence-electron chi connectivity index (χ0n) is 21.7. The van der Waals surface area contributed by atoms with Gasteiger partial charge in [-0.25, -0.2) is 9.37 Å². The maximum absolute atomic E-state index is 14.1. The van der Waals surface area contributed by atoms with Gasteiger partial charge < -0.3 is 19.6 Å². The highest BCUT2D eigenvalue weighted by Gasteiger charge is 2.51. The molecule has 1 aromatic heterocycles. The molecular weight excluding hydrogens is 475 g/mol. The summed E-state index contributed by atoms with van der Waals surface area (Å²) in [5.41, 5.74) is 1.90. The molecule has 2 unspecified atom stereocenters. The number of rotatable bonds is 15. The number of nitrogens with zero attached hydrogens (tertiary/aromatic N) is 1. The van der Waals surface area contributed by atoms with Crippen molar-refractivity contribution in [3.05, 3.63) is 53.0 Å². The second kappa shape index (κ2) is 13.2. The normalized spacial score (nSPS) is 22.4. The van der Waals surface area contributed by atoms with E-state index in [9.17, 15) is 14.0 Å². The van der Waals surface area contributed by atoms with Gasteiger partial charge in [0, 0.05) is 18.9 Å². The van der Waals surface area contributed by atoms with Crippen LogP contribution in [0.5, 0.6) is 0 Å². The molecule has 2 saturated heterocycles. The predicted molar refractivity (Wildman–Crippen MR) is 137 cm³/mol. The number of carbonyl (C=O) groups is 2. The molecule has 2 aromatic rings. The van der Waals surface area contributed by atoms with Crippen LogP contribution in [-0.4, -0.2) is 40.7 Å². The molecule has 0 radical (unpaired) electrons. The van der Waals surface area contributed by atoms with Crippen molar-refractivity contribution in [2.24, 2.45) is 5.92 Å². The summed E-state index contributed by atoms with van der Waals surface area (Å²) in [6.45, 7) is 2.83. The van der Waals surface area contributed by atoms with E-state index in [0.29, 0.717) is 25.3 Å². The van der Waals surface area contributed by atoms with Crippen LogP contribution in [0.4, 0.5) is 4.39 Å². The van der Waals surface area contributed by atoms with Crippen LogP contribution in [0.15, 0.2) is 28.9 Å². The summed E-state index contributed by atoms with van der Waals surface area (Å²) in [6.07, 6.45) is 12.4. The molecule has 0 saturated carbocycles. The third-order valence-corrected chi connectivity index (χ3v) is 7.76. The Labute approximate surface area is 218 Å². The monoisotopic (exact) mass is 514 g/mol. The second-order valence-corrected chi connectivity index (χ2v) is 10.4. The van der Waals surface area contributed by atoms with Crippen LogP contribution in [0.2, 0.25) is 0 Å². The molecule has 0 spiro atoms. The van der Waals surface area contributed by atoms with Crippen LogP contribution >= 0.6 is 0 Å². The third-order valence-electron chi connectivity index (χ3n) is 7.76. The molecule has 4 atom stereocenters. The van der Waals surface area contributed by atoms with Gasteiger partial charge in [-0.1, -0.05) is 51.5 Å². The Morgan fingerprint density at radius 2 is 1.84 bits per heavy atom. The van der Waals surface area contributed by atoms with E-state index in [1.165, 1.54) is 50.5 Å². The first-order chi connectivity index (χ1) is 18.0. The lowest BCUT2D eigenvalue weighted by molar-refractivity contribution is -0.136. The topological polar surface area (TPSA) is 102 Å². The summed E-state index contributed by atoms with van der Waals surface area (Å²) in [5.74, 6) is -1.07. The van der Waals surface area contributed by atoms with E-state index in [-0.39, 0.29) is 47.9 Å². The minimum absolute atomic E-state index is 0.00657. The van der Waals surface area contributed by atoms with Gasteiger partial charge in [0.2, 0.25) is 5.89 Å². The third kappa shape index (κ3) is 7.18. The zero-order chi connectivity index (χ0) is 26.2. The summed E-state index contributed by atoms with van der Waals surface area (Å²) in [5, 5.41) is 12.0. The Bertz CT molecular complexity index is 1050. The number of benzene rings is 1. The maximum atomic E-state index is 14.1. The van der Waals surface area contributed by atoms with Gasteiger partial charge in [0.15, 0.2) is 5.69 Å². The van der Waals surface area contributed by atoms with Gasteiger partial charge >= 0.3 is 5.97 Å². The molecule has 2 N–H and O–H groups in total. The van der Waals surface area contributed by atoms with E-state index >= 15 is 0 Å². The standard InChI is InChI=1S/C29H39FN2O5/c1-2-3-4-5-6-7-8-15-31-28(35)23-18-36-29(32-23)27-22(24-12-13-25(27)37-24)17-20-16-21(30)11-9-19(20)10-14-26(33)34/h9,11,16,18,22,24-25,27H,2-8,10,12-15,17H2,1H3,(H,31,35)(H,33,34)/t22-,24+,25?,27?/m0/s1. The van der Waals surface area contributed by atoms with Crippen molar-refractivity contribution < 1.29 is 28.2 Å². The summed E-state index contributed by atoms with van der Waals surface area (Å²) >= 11 is 0. The van der Waals surface area contributed by atoms with E-state index in [1.54, 1.807) is 6.07 Å². The van der Waals surface area contributed by atoms with Crippen molar-refractivity contribution in [1.29, 1.82) is 0 Å². The number of carboxylic acids is 1. The molecule has 202 valence electrons. The summed E-state index contributed by atoms with van der Waals surface area (Å²) in [6, 6.07) is 4.55. The Morgan fingerprint density at radius 1 is 1.08 bits per heavy atom. The van der Waals surface area contributed by atoms with Crippen molar-refractivity contribution in [3.8, 4) is 0 Å². The van der Waals surface area contributed by atoms with Crippen LogP contribution in [0, 0.1) is 11.7 Å². The van der Waals surface area contributed by atoms with Gasteiger partial charge in [0.25, 0.3) is 5.91 Å². The minimum atomic E-state index is -0.881. The van der Waals surface area contributed by atoms with Crippen LogP contribution in [0.25, 0.3) is 0 Å². The van der Waals surface area contributed by atoms with Crippen LogP contribution in [0.1, 0.15) is 105 Å². The smallest absolute Gasteiger partial charge is 0.303 e. The van der Waals surface area contributed by atoms with E-state index in [0.717, 1.165) is 36.8 Å². The molecule has 1 amide bonds. The number of amides is 1. The average Bonchev–Trinajstić information content (AvgIpc) is 3.62. The number of halogens is 1. The molecule has 2 fully saturated rings. The molecular formula is C29H39FN2O5. The average molecular weight is 515 g/mol. The van der Waals surface area contributed by atoms with E-state index in [1.807, 2.05) is 0 Å². The van der Waals surface area contributed by atoms with Gasteiger partial charge in [-0.3, -0.25) is 9.59 Å². The fourth-order valence-electron chi connectivity index (χ4n) is 5.82. The van der Waals surface area contributed by atoms with E-state index in [4.69, 9.17) is 14.3 Å². The van der Waals surface area contributed by atoms with Crippen LogP contribution in [-0.2, 0) is 22.4 Å². The molecule has 37 heavy (non-hydrogen) atoms. The SMILES string of the molecule is CCCCCCCCCNC(=O)c1coc(C2C3CC[C@@H](O3)[C@@H]2Cc2cc(F)ccc2CCC(=O)O)n1. The largest absolute Gasteiger partial charge is 0.481 e. The van der Waals surface area contributed by atoms with Crippen molar-refractivity contribution in [1.82, 2.24) is 10.3 Å². The molecule has 0 aliphatic carbocycles. The molecule has 3 heterocycles. The number of unbranched alkanes of at least 4 members (excludes halogenated alkanes) is 6. The fraction of sp³-hybridized carbons (Fsp3) is 0.621. The molecule has 2 aliphatic rings. The molecule has 7 nitrogen and oxygen atoms in total. The lowest BCUT2D eigenvalue weighted by Crippen LogP contribution is -2.28. The predicted octanol–water partition coefficient (Wildman–Crippen LogP) is 5.82. The van der Waals surface area contributed by atoms with Crippen molar-refractivity contribution >= 4 is 11.9 Å². The van der Waals surface area contributed by atoms with E-state index in [2.05, 4.69) is 17.2 Å². The highest BCUT2D eigenvalue weighted by Crippen LogP contribution is 2.50. The number of hydrogen-bond acceptors (Lipinski definition) is 5. The lowest BCUT2D eigenvalue weighted by atomic mass is 9.75. The van der Waals surface area contributed by atoms with Gasteiger partial charge in [-0.15, -0.1) is 0 Å². The Morgan fingerprint density at radius 3 is 2.62 bits per heavy atom. The molecule has 2 bridgehead atoms. The highest BCUT2D eigenvalue weighted by molar-refractivity contribution is 5.91. The van der Waals surface area contributed by atoms with Crippen molar-refractivity contribution in [3.63, 3.8) is 0 Å². The summed E-state index contributed by atoms with van der Waals surface area (Å²) in [4.78, 5) is 28.3. The molecule has 2 aliphatic heterocycles. The number of aryl methyl sites for hydroxylation is 1. The van der Waals surface area contributed by atoms with E-state index < -0.39 is 5.97 Å².